The smallest absolute Gasteiger partial charge is 0.133 e. The van der Waals surface area contributed by atoms with Crippen molar-refractivity contribution in [2.24, 2.45) is 0 Å². The Morgan fingerprint density at radius 3 is 2.94 bits per heavy atom. The van der Waals surface area contributed by atoms with Gasteiger partial charge < -0.3 is 5.32 Å². The predicted molar refractivity (Wildman–Crippen MR) is 75.5 cm³/mol. The van der Waals surface area contributed by atoms with Crippen LogP contribution in [0.15, 0.2) is 24.4 Å². The van der Waals surface area contributed by atoms with E-state index in [2.05, 4.69) is 21.4 Å². The molecule has 2 heterocycles. The Kier molecular flexibility index (Phi) is 3.48. The number of hydrogen-bond donors (Lipinski definition) is 1. The molecule has 0 saturated heterocycles. The maximum Gasteiger partial charge on any atom is 0.133 e. The maximum absolute atomic E-state index is 5.90. The van der Waals surface area contributed by atoms with Gasteiger partial charge in [-0.25, -0.2) is 9.97 Å². The molecule has 2 aromatic heterocycles. The van der Waals surface area contributed by atoms with E-state index in [-0.39, 0.29) is 0 Å². The quantitative estimate of drug-likeness (QED) is 0.906. The SMILES string of the molecule is Clc1ccc(CCNc2ccnc(C3CC3)n2)s1. The van der Waals surface area contributed by atoms with Gasteiger partial charge in [-0.05, 0) is 37.5 Å². The van der Waals surface area contributed by atoms with Gasteiger partial charge in [0.25, 0.3) is 0 Å². The predicted octanol–water partition coefficient (Wildman–Crippen LogP) is 3.72. The summed E-state index contributed by atoms with van der Waals surface area (Å²) in [4.78, 5) is 10.1. The first-order chi connectivity index (χ1) is 8.81. The normalized spacial score (nSPS) is 14.7. The van der Waals surface area contributed by atoms with Crippen LogP contribution in [0.5, 0.6) is 0 Å². The van der Waals surface area contributed by atoms with Gasteiger partial charge in [-0.15, -0.1) is 11.3 Å². The van der Waals surface area contributed by atoms with Gasteiger partial charge in [0.15, 0.2) is 0 Å². The van der Waals surface area contributed by atoms with E-state index in [0.29, 0.717) is 5.92 Å². The van der Waals surface area contributed by atoms with Gasteiger partial charge >= 0.3 is 0 Å². The van der Waals surface area contributed by atoms with Crippen LogP contribution >= 0.6 is 22.9 Å². The summed E-state index contributed by atoms with van der Waals surface area (Å²) in [6.07, 6.45) is 5.28. The Hall–Kier alpha value is -1.13. The standard InChI is InChI=1S/C13H14ClN3S/c14-11-4-3-10(18-11)5-7-15-12-6-8-16-13(17-12)9-1-2-9/h3-4,6,8-9H,1-2,5,7H2,(H,15,16,17). The van der Waals surface area contributed by atoms with Gasteiger partial charge in [-0.2, -0.15) is 0 Å². The fourth-order valence-corrected chi connectivity index (χ4v) is 2.90. The van der Waals surface area contributed by atoms with Crippen LogP contribution in [-0.2, 0) is 6.42 Å². The second-order valence-corrected chi connectivity index (χ2v) is 6.26. The minimum atomic E-state index is 0.600. The van der Waals surface area contributed by atoms with Crippen LogP contribution in [-0.4, -0.2) is 16.5 Å². The highest BCUT2D eigenvalue weighted by Gasteiger charge is 2.26. The minimum absolute atomic E-state index is 0.600. The van der Waals surface area contributed by atoms with Crippen LogP contribution in [0, 0.1) is 0 Å². The molecule has 0 aliphatic heterocycles. The Balaban J connectivity index is 1.54. The molecule has 0 bridgehead atoms. The molecule has 18 heavy (non-hydrogen) atoms. The second-order valence-electron chi connectivity index (χ2n) is 4.46. The number of rotatable bonds is 5. The minimum Gasteiger partial charge on any atom is -0.370 e. The average molecular weight is 280 g/mol. The summed E-state index contributed by atoms with van der Waals surface area (Å²) in [5.41, 5.74) is 0. The maximum atomic E-state index is 5.90. The lowest BCUT2D eigenvalue weighted by Gasteiger charge is -2.05. The Morgan fingerprint density at radius 1 is 1.33 bits per heavy atom. The molecule has 0 spiro atoms. The van der Waals surface area contributed by atoms with Gasteiger partial charge in [-0.3, -0.25) is 0 Å². The first kappa shape index (κ1) is 11.9. The van der Waals surface area contributed by atoms with E-state index in [4.69, 9.17) is 11.6 Å². The van der Waals surface area contributed by atoms with Crippen molar-refractivity contribution in [3.63, 3.8) is 0 Å². The average Bonchev–Trinajstić information content (AvgIpc) is 3.14. The molecule has 1 aliphatic carbocycles. The van der Waals surface area contributed by atoms with Crippen LogP contribution in [0.3, 0.4) is 0 Å². The summed E-state index contributed by atoms with van der Waals surface area (Å²) in [7, 11) is 0. The van der Waals surface area contributed by atoms with Crippen molar-refractivity contribution in [2.75, 3.05) is 11.9 Å². The number of anilines is 1. The van der Waals surface area contributed by atoms with Gasteiger partial charge in [0.1, 0.15) is 11.6 Å². The number of nitrogens with one attached hydrogen (secondary N) is 1. The van der Waals surface area contributed by atoms with E-state index in [1.54, 1.807) is 11.3 Å². The molecule has 1 saturated carbocycles. The van der Waals surface area contributed by atoms with E-state index >= 15 is 0 Å². The molecule has 3 nitrogen and oxygen atoms in total. The lowest BCUT2D eigenvalue weighted by molar-refractivity contribution is 0.917. The molecule has 0 unspecified atom stereocenters. The Labute approximate surface area is 115 Å². The number of hydrogen-bond acceptors (Lipinski definition) is 4. The largest absolute Gasteiger partial charge is 0.370 e. The Morgan fingerprint density at radius 2 is 2.22 bits per heavy atom. The number of aromatic nitrogens is 2. The van der Waals surface area contributed by atoms with E-state index in [1.807, 2.05) is 18.3 Å². The third-order valence-electron chi connectivity index (χ3n) is 2.92. The summed E-state index contributed by atoms with van der Waals surface area (Å²) in [6.45, 7) is 0.873. The zero-order valence-corrected chi connectivity index (χ0v) is 11.5. The number of nitrogens with zero attached hydrogens (tertiary/aromatic N) is 2. The first-order valence-electron chi connectivity index (χ1n) is 6.12. The van der Waals surface area contributed by atoms with Crippen molar-refractivity contribution >= 4 is 28.8 Å². The van der Waals surface area contributed by atoms with Crippen molar-refractivity contribution in [3.8, 4) is 0 Å². The molecule has 0 amide bonds. The van der Waals surface area contributed by atoms with Gasteiger partial charge in [0.05, 0.1) is 4.34 Å². The molecular formula is C13H14ClN3S. The summed E-state index contributed by atoms with van der Waals surface area (Å²) in [6, 6.07) is 5.94. The van der Waals surface area contributed by atoms with E-state index < -0.39 is 0 Å². The van der Waals surface area contributed by atoms with Crippen LogP contribution in [0.25, 0.3) is 0 Å². The molecule has 1 aliphatic rings. The first-order valence-corrected chi connectivity index (χ1v) is 7.32. The Bertz CT molecular complexity index is 537. The van der Waals surface area contributed by atoms with Gasteiger partial charge in [-0.1, -0.05) is 11.6 Å². The fraction of sp³-hybridized carbons (Fsp3) is 0.385. The van der Waals surface area contributed by atoms with E-state index in [9.17, 15) is 0 Å². The molecule has 3 rings (SSSR count). The number of halogens is 1. The van der Waals surface area contributed by atoms with Crippen LogP contribution < -0.4 is 5.32 Å². The van der Waals surface area contributed by atoms with Crippen molar-refractivity contribution in [1.29, 1.82) is 0 Å². The van der Waals surface area contributed by atoms with Crippen molar-refractivity contribution in [1.82, 2.24) is 9.97 Å². The summed E-state index contributed by atoms with van der Waals surface area (Å²) >= 11 is 7.53. The molecule has 5 heteroatoms. The highest BCUT2D eigenvalue weighted by Crippen LogP contribution is 2.38. The van der Waals surface area contributed by atoms with Crippen molar-refractivity contribution < 1.29 is 0 Å². The third-order valence-corrected chi connectivity index (χ3v) is 4.21. The van der Waals surface area contributed by atoms with Gasteiger partial charge in [0.2, 0.25) is 0 Å². The molecule has 1 N–H and O–H groups in total. The highest BCUT2D eigenvalue weighted by atomic mass is 35.5. The zero-order valence-electron chi connectivity index (χ0n) is 9.90. The zero-order chi connectivity index (χ0) is 12.4. The lowest BCUT2D eigenvalue weighted by atomic mass is 10.3. The molecule has 0 aromatic carbocycles. The third kappa shape index (κ3) is 3.00. The molecule has 0 atom stereocenters. The van der Waals surface area contributed by atoms with Crippen molar-refractivity contribution in [3.05, 3.63) is 39.4 Å². The fourth-order valence-electron chi connectivity index (χ4n) is 1.81. The number of thiophene rings is 1. The molecule has 0 radical (unpaired) electrons. The summed E-state index contributed by atoms with van der Waals surface area (Å²) in [5.74, 6) is 2.51. The van der Waals surface area contributed by atoms with Crippen molar-refractivity contribution in [2.45, 2.75) is 25.2 Å². The highest BCUT2D eigenvalue weighted by molar-refractivity contribution is 7.16. The summed E-state index contributed by atoms with van der Waals surface area (Å²) in [5, 5.41) is 3.34. The van der Waals surface area contributed by atoms with Crippen LogP contribution in [0.1, 0.15) is 29.5 Å². The second kappa shape index (κ2) is 5.24. The van der Waals surface area contributed by atoms with Crippen LogP contribution in [0.4, 0.5) is 5.82 Å². The summed E-state index contributed by atoms with van der Waals surface area (Å²) < 4.78 is 0.850. The van der Waals surface area contributed by atoms with Gasteiger partial charge in [0, 0.05) is 23.5 Å². The van der Waals surface area contributed by atoms with E-state index in [1.165, 1.54) is 17.7 Å². The topological polar surface area (TPSA) is 37.8 Å². The molecule has 1 fully saturated rings. The lowest BCUT2D eigenvalue weighted by Crippen LogP contribution is -2.06. The monoisotopic (exact) mass is 279 g/mol. The van der Waals surface area contributed by atoms with E-state index in [0.717, 1.165) is 28.9 Å². The molecule has 94 valence electrons. The molecular weight excluding hydrogens is 266 g/mol. The molecule has 2 aromatic rings. The van der Waals surface area contributed by atoms with Crippen LogP contribution in [0.2, 0.25) is 4.34 Å².